The summed E-state index contributed by atoms with van der Waals surface area (Å²) in [5, 5.41) is 4.08. The van der Waals surface area contributed by atoms with Gasteiger partial charge in [-0.1, -0.05) is 29.8 Å². The minimum absolute atomic E-state index is 0.000494. The highest BCUT2D eigenvalue weighted by molar-refractivity contribution is 7.92. The van der Waals surface area contributed by atoms with Crippen LogP contribution in [0.15, 0.2) is 30.6 Å². The minimum atomic E-state index is -3.33. The van der Waals surface area contributed by atoms with Crippen LogP contribution in [0.4, 0.5) is 5.95 Å². The summed E-state index contributed by atoms with van der Waals surface area (Å²) in [6, 6.07) is 8.06. The summed E-state index contributed by atoms with van der Waals surface area (Å²) in [6.45, 7) is 4.14. The fourth-order valence-electron chi connectivity index (χ4n) is 1.51. The Morgan fingerprint density at radius 1 is 1.26 bits per heavy atom. The molecule has 0 bridgehead atoms. The molecule has 0 saturated heterocycles. The number of aryl methyl sites for hydroxylation is 1. The number of rotatable bonds is 5. The van der Waals surface area contributed by atoms with Crippen molar-refractivity contribution in [1.82, 2.24) is 14.8 Å². The predicted octanol–water partition coefficient (Wildman–Crippen LogP) is 1.40. The maximum atomic E-state index is 11.4. The standard InChI is InChI=1S/C12H16N4O2S/c1-3-19(17,18)15-12-13-9-16(14-12)8-11-6-4-10(2)5-7-11/h4-7,9H,3,8H2,1-2H3,(H,14,15). The van der Waals surface area contributed by atoms with Gasteiger partial charge < -0.3 is 0 Å². The van der Waals surface area contributed by atoms with Gasteiger partial charge in [-0.15, -0.1) is 5.10 Å². The topological polar surface area (TPSA) is 76.9 Å². The molecule has 0 fully saturated rings. The van der Waals surface area contributed by atoms with Gasteiger partial charge in [0.25, 0.3) is 5.95 Å². The quantitative estimate of drug-likeness (QED) is 0.898. The first-order valence-corrected chi connectivity index (χ1v) is 7.59. The molecule has 0 spiro atoms. The molecule has 0 aliphatic carbocycles. The summed E-state index contributed by atoms with van der Waals surface area (Å²) in [5.74, 6) is 0.105. The Morgan fingerprint density at radius 3 is 2.58 bits per heavy atom. The van der Waals surface area contributed by atoms with E-state index in [1.165, 1.54) is 11.9 Å². The van der Waals surface area contributed by atoms with Crippen LogP contribution in [0.25, 0.3) is 0 Å². The molecule has 2 aromatic rings. The molecule has 1 heterocycles. The third-order valence-electron chi connectivity index (χ3n) is 2.63. The molecular weight excluding hydrogens is 264 g/mol. The molecule has 102 valence electrons. The maximum absolute atomic E-state index is 11.4. The van der Waals surface area contributed by atoms with E-state index in [0.29, 0.717) is 6.54 Å². The number of anilines is 1. The third-order valence-corrected chi connectivity index (χ3v) is 3.88. The second-order valence-corrected chi connectivity index (χ2v) is 6.27. The first kappa shape index (κ1) is 13.5. The lowest BCUT2D eigenvalue weighted by Crippen LogP contribution is -2.15. The smallest absolute Gasteiger partial charge is 0.250 e. The Hall–Kier alpha value is -1.89. The lowest BCUT2D eigenvalue weighted by molar-refractivity contribution is 0.601. The Kier molecular flexibility index (Phi) is 3.84. The molecule has 0 aliphatic heterocycles. The summed E-state index contributed by atoms with van der Waals surface area (Å²) in [7, 11) is -3.33. The van der Waals surface area contributed by atoms with Crippen molar-refractivity contribution in [2.75, 3.05) is 10.5 Å². The van der Waals surface area contributed by atoms with Crippen molar-refractivity contribution in [3.63, 3.8) is 0 Å². The summed E-state index contributed by atoms with van der Waals surface area (Å²) >= 11 is 0. The van der Waals surface area contributed by atoms with E-state index in [0.717, 1.165) is 5.56 Å². The maximum Gasteiger partial charge on any atom is 0.255 e. The molecule has 1 aromatic heterocycles. The zero-order valence-electron chi connectivity index (χ0n) is 10.9. The highest BCUT2D eigenvalue weighted by Gasteiger charge is 2.10. The molecule has 1 aromatic carbocycles. The van der Waals surface area contributed by atoms with Gasteiger partial charge in [-0.3, -0.25) is 0 Å². The van der Waals surface area contributed by atoms with E-state index in [-0.39, 0.29) is 11.7 Å². The third kappa shape index (κ3) is 3.78. The molecule has 7 heteroatoms. The van der Waals surface area contributed by atoms with Gasteiger partial charge in [-0.05, 0) is 19.4 Å². The first-order chi connectivity index (χ1) is 8.98. The summed E-state index contributed by atoms with van der Waals surface area (Å²) < 4.78 is 26.7. The monoisotopic (exact) mass is 280 g/mol. The number of benzene rings is 1. The first-order valence-electron chi connectivity index (χ1n) is 5.94. The lowest BCUT2D eigenvalue weighted by atomic mass is 10.1. The summed E-state index contributed by atoms with van der Waals surface area (Å²) in [5.41, 5.74) is 2.28. The number of aromatic nitrogens is 3. The predicted molar refractivity (Wildman–Crippen MR) is 73.4 cm³/mol. The van der Waals surface area contributed by atoms with Crippen LogP contribution in [0.1, 0.15) is 18.1 Å². The normalized spacial score (nSPS) is 11.5. The molecule has 0 radical (unpaired) electrons. The summed E-state index contributed by atoms with van der Waals surface area (Å²) in [4.78, 5) is 3.92. The second-order valence-electron chi connectivity index (χ2n) is 4.26. The van der Waals surface area contributed by atoms with E-state index < -0.39 is 10.0 Å². The lowest BCUT2D eigenvalue weighted by Gasteiger charge is -2.02. The van der Waals surface area contributed by atoms with Crippen molar-refractivity contribution in [1.29, 1.82) is 0 Å². The molecule has 2 rings (SSSR count). The van der Waals surface area contributed by atoms with Gasteiger partial charge in [-0.2, -0.15) is 4.98 Å². The van der Waals surface area contributed by atoms with Gasteiger partial charge in [-0.25, -0.2) is 17.8 Å². The van der Waals surface area contributed by atoms with Crippen molar-refractivity contribution in [3.8, 4) is 0 Å². The van der Waals surface area contributed by atoms with Crippen molar-refractivity contribution in [2.45, 2.75) is 20.4 Å². The van der Waals surface area contributed by atoms with E-state index in [4.69, 9.17) is 0 Å². The fraction of sp³-hybridized carbons (Fsp3) is 0.333. The van der Waals surface area contributed by atoms with Crippen LogP contribution in [-0.4, -0.2) is 28.9 Å². The van der Waals surface area contributed by atoms with Crippen molar-refractivity contribution >= 4 is 16.0 Å². The minimum Gasteiger partial charge on any atom is -0.250 e. The van der Waals surface area contributed by atoms with Crippen LogP contribution in [-0.2, 0) is 16.6 Å². The van der Waals surface area contributed by atoms with Crippen LogP contribution in [0.3, 0.4) is 0 Å². The van der Waals surface area contributed by atoms with E-state index in [1.807, 2.05) is 31.2 Å². The van der Waals surface area contributed by atoms with Crippen molar-refractivity contribution in [3.05, 3.63) is 41.7 Å². The summed E-state index contributed by atoms with van der Waals surface area (Å²) in [6.07, 6.45) is 1.51. The molecule has 6 nitrogen and oxygen atoms in total. The van der Waals surface area contributed by atoms with E-state index in [9.17, 15) is 8.42 Å². The van der Waals surface area contributed by atoms with Gasteiger partial charge in [0, 0.05) is 0 Å². The van der Waals surface area contributed by atoms with Crippen LogP contribution in [0.2, 0.25) is 0 Å². The number of nitrogens with one attached hydrogen (secondary N) is 1. The number of hydrogen-bond donors (Lipinski definition) is 1. The number of sulfonamides is 1. The Labute approximate surface area is 112 Å². The van der Waals surface area contributed by atoms with Crippen molar-refractivity contribution < 1.29 is 8.42 Å². The molecule has 0 aliphatic rings. The van der Waals surface area contributed by atoms with Gasteiger partial charge in [0.15, 0.2) is 0 Å². The highest BCUT2D eigenvalue weighted by atomic mass is 32.2. The molecule has 19 heavy (non-hydrogen) atoms. The van der Waals surface area contributed by atoms with E-state index in [2.05, 4.69) is 14.8 Å². The average molecular weight is 280 g/mol. The van der Waals surface area contributed by atoms with E-state index >= 15 is 0 Å². The number of nitrogens with zero attached hydrogens (tertiary/aromatic N) is 3. The van der Waals surface area contributed by atoms with Gasteiger partial charge >= 0.3 is 0 Å². The SMILES string of the molecule is CCS(=O)(=O)Nc1ncn(Cc2ccc(C)cc2)n1. The van der Waals surface area contributed by atoms with Crippen LogP contribution in [0.5, 0.6) is 0 Å². The van der Waals surface area contributed by atoms with Gasteiger partial charge in [0.2, 0.25) is 10.0 Å². The zero-order valence-corrected chi connectivity index (χ0v) is 11.7. The highest BCUT2D eigenvalue weighted by Crippen LogP contribution is 2.06. The van der Waals surface area contributed by atoms with Crippen LogP contribution >= 0.6 is 0 Å². The molecule has 0 saturated carbocycles. The fourth-order valence-corrected chi connectivity index (χ4v) is 2.03. The largest absolute Gasteiger partial charge is 0.255 e. The van der Waals surface area contributed by atoms with Gasteiger partial charge in [0.05, 0.1) is 12.3 Å². The molecule has 0 atom stereocenters. The molecule has 0 unspecified atom stereocenters. The molecule has 1 N–H and O–H groups in total. The molecular formula is C12H16N4O2S. The number of hydrogen-bond acceptors (Lipinski definition) is 4. The second kappa shape index (κ2) is 5.40. The Balaban J connectivity index is 2.07. The Morgan fingerprint density at radius 2 is 1.95 bits per heavy atom. The van der Waals surface area contributed by atoms with Gasteiger partial charge in [0.1, 0.15) is 6.33 Å². The van der Waals surface area contributed by atoms with Crippen molar-refractivity contribution in [2.24, 2.45) is 0 Å². The molecule has 0 amide bonds. The Bertz CT molecular complexity index is 647. The zero-order chi connectivity index (χ0) is 13.9. The van der Waals surface area contributed by atoms with Crippen LogP contribution in [0, 0.1) is 6.92 Å². The van der Waals surface area contributed by atoms with E-state index in [1.54, 1.807) is 11.6 Å². The van der Waals surface area contributed by atoms with Crippen LogP contribution < -0.4 is 4.72 Å². The average Bonchev–Trinajstić information content (AvgIpc) is 2.79.